The molecule has 0 saturated carbocycles. The number of aryl methyl sites for hydroxylation is 1. The van der Waals surface area contributed by atoms with E-state index in [1.165, 1.54) is 7.11 Å². The Kier molecular flexibility index (Phi) is 5.39. The molecule has 0 saturated heterocycles. The molecule has 4 nitrogen and oxygen atoms in total. The fourth-order valence-corrected chi connectivity index (χ4v) is 2.67. The van der Waals surface area contributed by atoms with Gasteiger partial charge in [0.15, 0.2) is 0 Å². The Labute approximate surface area is 107 Å². The van der Waals surface area contributed by atoms with Gasteiger partial charge in [-0.15, -0.1) is 11.6 Å². The summed E-state index contributed by atoms with van der Waals surface area (Å²) in [4.78, 5) is 0.231. The minimum absolute atomic E-state index is 0.231. The van der Waals surface area contributed by atoms with Gasteiger partial charge in [-0.2, -0.15) is 0 Å². The van der Waals surface area contributed by atoms with Gasteiger partial charge in [0.05, 0.1) is 11.5 Å². The maximum absolute atomic E-state index is 11.9. The van der Waals surface area contributed by atoms with Gasteiger partial charge in [0.25, 0.3) is 0 Å². The normalized spacial score (nSPS) is 11.7. The highest BCUT2D eigenvalue weighted by atomic mass is 35.5. The molecule has 1 aromatic rings. The third-order valence-electron chi connectivity index (χ3n) is 2.37. The lowest BCUT2D eigenvalue weighted by Gasteiger charge is -2.08. The number of hydrogen-bond acceptors (Lipinski definition) is 3. The Morgan fingerprint density at radius 1 is 1.41 bits per heavy atom. The zero-order valence-corrected chi connectivity index (χ0v) is 11.4. The van der Waals surface area contributed by atoms with E-state index in [0.29, 0.717) is 12.5 Å². The summed E-state index contributed by atoms with van der Waals surface area (Å²) < 4.78 is 31.0. The second kappa shape index (κ2) is 6.35. The van der Waals surface area contributed by atoms with Gasteiger partial charge in [0.1, 0.15) is 0 Å². The van der Waals surface area contributed by atoms with Crippen LogP contribution in [0.4, 0.5) is 0 Å². The number of benzene rings is 1. The summed E-state index contributed by atoms with van der Waals surface area (Å²) in [6.07, 6.45) is 0. The van der Waals surface area contributed by atoms with Gasteiger partial charge in [-0.05, 0) is 30.2 Å². The molecule has 0 aliphatic carbocycles. The van der Waals surface area contributed by atoms with Gasteiger partial charge in [-0.25, -0.2) is 13.1 Å². The van der Waals surface area contributed by atoms with Crippen molar-refractivity contribution in [3.8, 4) is 0 Å². The first-order valence-electron chi connectivity index (χ1n) is 5.15. The first-order valence-corrected chi connectivity index (χ1v) is 7.17. The van der Waals surface area contributed by atoms with Crippen LogP contribution in [0.2, 0.25) is 0 Å². The molecule has 0 spiro atoms. The number of nitrogens with one attached hydrogen (secondary N) is 1. The van der Waals surface area contributed by atoms with Crippen molar-refractivity contribution in [3.63, 3.8) is 0 Å². The van der Waals surface area contributed by atoms with Crippen LogP contribution in [0.1, 0.15) is 11.1 Å². The minimum atomic E-state index is -3.47. The van der Waals surface area contributed by atoms with Crippen LogP contribution in [0.5, 0.6) is 0 Å². The largest absolute Gasteiger partial charge is 0.383 e. The summed E-state index contributed by atoms with van der Waals surface area (Å²) in [6, 6.07) is 4.92. The molecule has 0 atom stereocenters. The summed E-state index contributed by atoms with van der Waals surface area (Å²) in [5.41, 5.74) is 1.80. The van der Waals surface area contributed by atoms with Gasteiger partial charge >= 0.3 is 0 Å². The molecule has 6 heteroatoms. The van der Waals surface area contributed by atoms with E-state index < -0.39 is 10.0 Å². The molecule has 0 radical (unpaired) electrons. The maximum Gasteiger partial charge on any atom is 0.240 e. The molecule has 96 valence electrons. The molecule has 0 fully saturated rings. The highest BCUT2D eigenvalue weighted by Gasteiger charge is 2.14. The first-order chi connectivity index (χ1) is 8.01. The molecule has 1 rings (SSSR count). The quantitative estimate of drug-likeness (QED) is 0.636. The fourth-order valence-electron chi connectivity index (χ4n) is 1.32. The zero-order valence-electron chi connectivity index (χ0n) is 9.86. The number of hydrogen-bond donors (Lipinski definition) is 1. The van der Waals surface area contributed by atoms with Gasteiger partial charge in [0, 0.05) is 19.5 Å². The molecule has 17 heavy (non-hydrogen) atoms. The summed E-state index contributed by atoms with van der Waals surface area (Å²) in [5.74, 6) is 0.299. The van der Waals surface area contributed by atoms with Crippen molar-refractivity contribution in [1.82, 2.24) is 4.72 Å². The van der Waals surface area contributed by atoms with Crippen molar-refractivity contribution in [2.24, 2.45) is 0 Å². The van der Waals surface area contributed by atoms with Crippen LogP contribution in [0.15, 0.2) is 23.1 Å². The molecular weight excluding hydrogens is 262 g/mol. The number of alkyl halides is 1. The van der Waals surface area contributed by atoms with Crippen molar-refractivity contribution in [2.75, 3.05) is 20.3 Å². The lowest BCUT2D eigenvalue weighted by Crippen LogP contribution is -2.27. The zero-order chi connectivity index (χ0) is 12.9. The van der Waals surface area contributed by atoms with Crippen LogP contribution in [0.25, 0.3) is 0 Å². The lowest BCUT2D eigenvalue weighted by atomic mass is 10.1. The van der Waals surface area contributed by atoms with Crippen molar-refractivity contribution in [2.45, 2.75) is 17.7 Å². The van der Waals surface area contributed by atoms with Crippen LogP contribution in [0.3, 0.4) is 0 Å². The molecule has 0 heterocycles. The molecular formula is C11H16ClNO3S. The van der Waals surface area contributed by atoms with E-state index in [0.717, 1.165) is 11.1 Å². The van der Waals surface area contributed by atoms with Crippen molar-refractivity contribution in [1.29, 1.82) is 0 Å². The maximum atomic E-state index is 11.9. The third kappa shape index (κ3) is 3.96. The molecule has 0 aromatic heterocycles. The molecule has 1 N–H and O–H groups in total. The minimum Gasteiger partial charge on any atom is -0.383 e. The smallest absolute Gasteiger partial charge is 0.240 e. The molecule has 0 aliphatic rings. The monoisotopic (exact) mass is 277 g/mol. The van der Waals surface area contributed by atoms with Crippen molar-refractivity contribution < 1.29 is 13.2 Å². The Morgan fingerprint density at radius 3 is 2.71 bits per heavy atom. The van der Waals surface area contributed by atoms with Crippen molar-refractivity contribution >= 4 is 21.6 Å². The Bertz CT molecular complexity index is 474. The van der Waals surface area contributed by atoms with Gasteiger partial charge < -0.3 is 4.74 Å². The molecule has 0 aliphatic heterocycles. The Morgan fingerprint density at radius 2 is 2.12 bits per heavy atom. The SMILES string of the molecule is COCCNS(=O)(=O)c1ccc(C)c(CCl)c1. The number of sulfonamides is 1. The van der Waals surface area contributed by atoms with Gasteiger partial charge in [-0.3, -0.25) is 0 Å². The predicted octanol–water partition coefficient (Wildman–Crippen LogP) is 1.66. The lowest BCUT2D eigenvalue weighted by molar-refractivity contribution is 0.204. The van der Waals surface area contributed by atoms with E-state index in [1.54, 1.807) is 18.2 Å². The predicted molar refractivity (Wildman–Crippen MR) is 67.8 cm³/mol. The van der Waals surface area contributed by atoms with Crippen LogP contribution >= 0.6 is 11.6 Å². The summed E-state index contributed by atoms with van der Waals surface area (Å²) in [7, 11) is -1.95. The number of rotatable bonds is 6. The van der Waals surface area contributed by atoms with Crippen LogP contribution in [-0.2, 0) is 20.6 Å². The highest BCUT2D eigenvalue weighted by Crippen LogP contribution is 2.17. The van der Waals surface area contributed by atoms with E-state index in [4.69, 9.17) is 16.3 Å². The van der Waals surface area contributed by atoms with Crippen LogP contribution in [0, 0.1) is 6.92 Å². The van der Waals surface area contributed by atoms with E-state index >= 15 is 0 Å². The second-order valence-electron chi connectivity index (χ2n) is 3.61. The average molecular weight is 278 g/mol. The van der Waals surface area contributed by atoms with Crippen LogP contribution in [-0.4, -0.2) is 28.7 Å². The first kappa shape index (κ1) is 14.4. The molecule has 0 amide bonds. The number of halogens is 1. The fraction of sp³-hybridized carbons (Fsp3) is 0.455. The van der Waals surface area contributed by atoms with E-state index in [1.807, 2.05) is 6.92 Å². The summed E-state index contributed by atoms with van der Waals surface area (Å²) in [5, 5.41) is 0. The van der Waals surface area contributed by atoms with E-state index in [9.17, 15) is 8.42 Å². The van der Waals surface area contributed by atoms with E-state index in [2.05, 4.69) is 4.72 Å². The van der Waals surface area contributed by atoms with Crippen LogP contribution < -0.4 is 4.72 Å². The average Bonchev–Trinajstić information content (AvgIpc) is 2.29. The number of ether oxygens (including phenoxy) is 1. The van der Waals surface area contributed by atoms with Gasteiger partial charge in [0.2, 0.25) is 10.0 Å². The summed E-state index contributed by atoms with van der Waals surface area (Å²) in [6.45, 7) is 2.49. The Hall–Kier alpha value is -0.620. The Balaban J connectivity index is 2.91. The molecule has 0 bridgehead atoms. The molecule has 0 unspecified atom stereocenters. The second-order valence-corrected chi connectivity index (χ2v) is 5.65. The topological polar surface area (TPSA) is 55.4 Å². The van der Waals surface area contributed by atoms with E-state index in [-0.39, 0.29) is 11.4 Å². The molecule has 1 aromatic carbocycles. The van der Waals surface area contributed by atoms with Crippen molar-refractivity contribution in [3.05, 3.63) is 29.3 Å². The third-order valence-corrected chi connectivity index (χ3v) is 4.12. The standard InChI is InChI=1S/C11H16ClNO3S/c1-9-3-4-11(7-10(9)8-12)17(14,15)13-5-6-16-2/h3-4,7,13H,5-6,8H2,1-2H3. The highest BCUT2D eigenvalue weighted by molar-refractivity contribution is 7.89. The van der Waals surface area contributed by atoms with Gasteiger partial charge in [-0.1, -0.05) is 6.07 Å². The summed E-state index contributed by atoms with van der Waals surface area (Å²) >= 11 is 5.75. The number of methoxy groups -OCH3 is 1.